The van der Waals surface area contributed by atoms with Gasteiger partial charge in [-0.05, 0) is 31.5 Å². The highest BCUT2D eigenvalue weighted by molar-refractivity contribution is 5.49. The number of nitrogens with one attached hydrogen (secondary N) is 1. The molecule has 0 amide bonds. The van der Waals surface area contributed by atoms with Gasteiger partial charge in [0.2, 0.25) is 0 Å². The maximum Gasteiger partial charge on any atom is 0.128 e. The molecule has 0 aliphatic rings. The van der Waals surface area contributed by atoms with E-state index in [0.717, 1.165) is 29.0 Å². The van der Waals surface area contributed by atoms with E-state index in [1.807, 2.05) is 19.1 Å². The van der Waals surface area contributed by atoms with Gasteiger partial charge in [-0.1, -0.05) is 6.07 Å². The lowest BCUT2D eigenvalue weighted by Crippen LogP contribution is -2.30. The number of hydrogen-bond donors (Lipinski definition) is 3. The van der Waals surface area contributed by atoms with Crippen molar-refractivity contribution in [3.8, 4) is 11.5 Å². The largest absolute Gasteiger partial charge is 0.496 e. The summed E-state index contributed by atoms with van der Waals surface area (Å²) in [5, 5.41) is 21.0. The second kappa shape index (κ2) is 7.99. The molecule has 5 heteroatoms. The van der Waals surface area contributed by atoms with Crippen molar-refractivity contribution >= 4 is 0 Å². The van der Waals surface area contributed by atoms with Crippen LogP contribution >= 0.6 is 0 Å². The molecule has 0 saturated heterocycles. The van der Waals surface area contributed by atoms with Crippen LogP contribution in [0, 0.1) is 6.92 Å². The minimum Gasteiger partial charge on any atom is -0.496 e. The first kappa shape index (κ1) is 15.8. The number of rotatable bonds is 8. The highest BCUT2D eigenvalue weighted by Gasteiger charge is 2.11. The van der Waals surface area contributed by atoms with E-state index in [-0.39, 0.29) is 6.61 Å². The quantitative estimate of drug-likeness (QED) is 0.599. The summed E-state index contributed by atoms with van der Waals surface area (Å²) in [6.07, 6.45) is 0.0751. The van der Waals surface area contributed by atoms with Crippen molar-refractivity contribution < 1.29 is 19.7 Å². The molecule has 3 N–H and O–H groups in total. The molecule has 0 aliphatic carbocycles. The van der Waals surface area contributed by atoms with Gasteiger partial charge in [-0.15, -0.1) is 0 Å². The summed E-state index contributed by atoms with van der Waals surface area (Å²) in [4.78, 5) is 0. The van der Waals surface area contributed by atoms with Crippen LogP contribution in [-0.2, 0) is 6.42 Å². The Morgan fingerprint density at radius 3 is 2.58 bits per heavy atom. The fourth-order valence-corrected chi connectivity index (χ4v) is 1.99. The number of aliphatic hydroxyl groups excluding tert-OH is 2. The van der Waals surface area contributed by atoms with Gasteiger partial charge in [-0.2, -0.15) is 0 Å². The first-order chi connectivity index (χ1) is 9.13. The third kappa shape index (κ3) is 4.38. The molecule has 0 bridgehead atoms. The molecule has 1 atom stereocenters. The molecule has 0 heterocycles. The number of hydrogen-bond acceptors (Lipinski definition) is 5. The summed E-state index contributed by atoms with van der Waals surface area (Å²) in [5.74, 6) is 1.65. The van der Waals surface area contributed by atoms with Crippen LogP contribution in [0.3, 0.4) is 0 Å². The van der Waals surface area contributed by atoms with Crippen LogP contribution in [0.2, 0.25) is 0 Å². The van der Waals surface area contributed by atoms with Crippen molar-refractivity contribution in [3.05, 3.63) is 23.3 Å². The van der Waals surface area contributed by atoms with Crippen LogP contribution in [0.25, 0.3) is 0 Å². The van der Waals surface area contributed by atoms with Gasteiger partial charge in [0.25, 0.3) is 0 Å². The second-order valence-electron chi connectivity index (χ2n) is 4.38. The van der Waals surface area contributed by atoms with Crippen LogP contribution in [0.15, 0.2) is 12.1 Å². The van der Waals surface area contributed by atoms with E-state index in [1.165, 1.54) is 0 Å². The van der Waals surface area contributed by atoms with E-state index in [0.29, 0.717) is 13.1 Å². The monoisotopic (exact) mass is 269 g/mol. The van der Waals surface area contributed by atoms with Gasteiger partial charge in [0.1, 0.15) is 11.5 Å². The third-order valence-electron chi connectivity index (χ3n) is 3.02. The smallest absolute Gasteiger partial charge is 0.128 e. The van der Waals surface area contributed by atoms with Crippen LogP contribution in [0.4, 0.5) is 0 Å². The highest BCUT2D eigenvalue weighted by atomic mass is 16.5. The maximum absolute atomic E-state index is 9.21. The van der Waals surface area contributed by atoms with Gasteiger partial charge in [-0.25, -0.2) is 0 Å². The lowest BCUT2D eigenvalue weighted by atomic mass is 10.1. The average Bonchev–Trinajstić information content (AvgIpc) is 2.43. The fraction of sp³-hybridized carbons (Fsp3) is 0.571. The summed E-state index contributed by atoms with van der Waals surface area (Å²) in [5.41, 5.74) is 2.07. The molecule has 0 aromatic heterocycles. The summed E-state index contributed by atoms with van der Waals surface area (Å²) < 4.78 is 10.7. The minimum atomic E-state index is -0.709. The van der Waals surface area contributed by atoms with E-state index < -0.39 is 6.10 Å². The number of methoxy groups -OCH3 is 2. The third-order valence-corrected chi connectivity index (χ3v) is 3.02. The Bertz CT molecular complexity index is 395. The number of benzene rings is 1. The first-order valence-corrected chi connectivity index (χ1v) is 6.34. The fourth-order valence-electron chi connectivity index (χ4n) is 1.99. The molecule has 0 spiro atoms. The van der Waals surface area contributed by atoms with Crippen molar-refractivity contribution in [1.82, 2.24) is 5.32 Å². The average molecular weight is 269 g/mol. The van der Waals surface area contributed by atoms with Crippen molar-refractivity contribution in [3.63, 3.8) is 0 Å². The maximum atomic E-state index is 9.21. The van der Waals surface area contributed by atoms with Crippen molar-refractivity contribution in [2.45, 2.75) is 19.4 Å². The Morgan fingerprint density at radius 2 is 2.00 bits per heavy atom. The lowest BCUT2D eigenvalue weighted by molar-refractivity contribution is 0.0947. The van der Waals surface area contributed by atoms with E-state index >= 15 is 0 Å². The summed E-state index contributed by atoms with van der Waals surface area (Å²) in [7, 11) is 3.29. The van der Waals surface area contributed by atoms with Crippen LogP contribution in [0.1, 0.15) is 11.1 Å². The lowest BCUT2D eigenvalue weighted by Gasteiger charge is -2.15. The molecule has 1 rings (SSSR count). The van der Waals surface area contributed by atoms with E-state index in [2.05, 4.69) is 5.32 Å². The zero-order chi connectivity index (χ0) is 14.3. The topological polar surface area (TPSA) is 71.0 Å². The van der Waals surface area contributed by atoms with E-state index in [4.69, 9.17) is 14.6 Å². The van der Waals surface area contributed by atoms with Gasteiger partial charge in [0.05, 0.1) is 26.9 Å². The second-order valence-corrected chi connectivity index (χ2v) is 4.38. The Kier molecular flexibility index (Phi) is 6.62. The molecular formula is C14H23NO4. The number of ether oxygens (including phenoxy) is 2. The molecule has 108 valence electrons. The van der Waals surface area contributed by atoms with Gasteiger partial charge in [0, 0.05) is 12.1 Å². The van der Waals surface area contributed by atoms with E-state index in [1.54, 1.807) is 14.2 Å². The van der Waals surface area contributed by atoms with Crippen molar-refractivity contribution in [2.75, 3.05) is 33.9 Å². The molecule has 1 aromatic carbocycles. The molecule has 0 radical (unpaired) electrons. The molecule has 19 heavy (non-hydrogen) atoms. The molecule has 5 nitrogen and oxygen atoms in total. The predicted molar refractivity (Wildman–Crippen MR) is 73.9 cm³/mol. The molecular weight excluding hydrogens is 246 g/mol. The highest BCUT2D eigenvalue weighted by Crippen LogP contribution is 2.31. The SMILES string of the molecule is COc1ccc(CCNCC(O)CO)c(OC)c1C. The van der Waals surface area contributed by atoms with Crippen LogP contribution in [0.5, 0.6) is 11.5 Å². The summed E-state index contributed by atoms with van der Waals surface area (Å²) in [6.45, 7) is 2.83. The molecule has 1 aromatic rings. The zero-order valence-electron chi connectivity index (χ0n) is 11.8. The van der Waals surface area contributed by atoms with Crippen molar-refractivity contribution in [1.29, 1.82) is 0 Å². The van der Waals surface area contributed by atoms with Crippen LogP contribution in [-0.4, -0.2) is 50.2 Å². The van der Waals surface area contributed by atoms with Gasteiger partial charge in [-0.3, -0.25) is 0 Å². The normalized spacial score (nSPS) is 12.3. The molecule has 0 aliphatic heterocycles. The van der Waals surface area contributed by atoms with Crippen molar-refractivity contribution in [2.24, 2.45) is 0 Å². The van der Waals surface area contributed by atoms with Gasteiger partial charge < -0.3 is 25.0 Å². The van der Waals surface area contributed by atoms with Gasteiger partial charge >= 0.3 is 0 Å². The Labute approximate surface area is 114 Å². The molecule has 0 saturated carbocycles. The number of aliphatic hydroxyl groups is 2. The Morgan fingerprint density at radius 1 is 1.26 bits per heavy atom. The Hall–Kier alpha value is -1.30. The minimum absolute atomic E-state index is 0.224. The van der Waals surface area contributed by atoms with Crippen LogP contribution < -0.4 is 14.8 Å². The zero-order valence-corrected chi connectivity index (χ0v) is 11.8. The standard InChI is InChI=1S/C14H23NO4/c1-10-13(18-2)5-4-11(14(10)19-3)6-7-15-8-12(17)9-16/h4-5,12,15-17H,6-9H2,1-3H3. The van der Waals surface area contributed by atoms with E-state index in [9.17, 15) is 5.11 Å². The predicted octanol–water partition coefficient (Wildman–Crippen LogP) is 0.498. The summed E-state index contributed by atoms with van der Waals surface area (Å²) in [6, 6.07) is 3.91. The Balaban J connectivity index is 2.61. The van der Waals surface area contributed by atoms with Gasteiger partial charge in [0.15, 0.2) is 0 Å². The molecule has 0 fully saturated rings. The first-order valence-electron chi connectivity index (χ1n) is 6.34. The summed E-state index contributed by atoms with van der Waals surface area (Å²) >= 11 is 0. The molecule has 1 unspecified atom stereocenters.